The van der Waals surface area contributed by atoms with Crippen molar-refractivity contribution in [1.29, 1.82) is 0 Å². The predicted molar refractivity (Wildman–Crippen MR) is 116 cm³/mol. The van der Waals surface area contributed by atoms with Crippen molar-refractivity contribution >= 4 is 17.5 Å². The van der Waals surface area contributed by atoms with E-state index in [1.165, 1.54) is 0 Å². The van der Waals surface area contributed by atoms with E-state index in [-0.39, 0.29) is 11.8 Å². The maximum atomic E-state index is 13.7. The molecule has 0 bridgehead atoms. The molecule has 0 aromatic heterocycles. The Morgan fingerprint density at radius 1 is 0.900 bits per heavy atom. The van der Waals surface area contributed by atoms with Gasteiger partial charge in [-0.15, -0.1) is 0 Å². The summed E-state index contributed by atoms with van der Waals surface area (Å²) in [5.74, 6) is 0.483. The molecule has 2 amide bonds. The molecule has 30 heavy (non-hydrogen) atoms. The first-order chi connectivity index (χ1) is 14.7. The van der Waals surface area contributed by atoms with Gasteiger partial charge in [0.2, 0.25) is 0 Å². The second-order valence-electron chi connectivity index (χ2n) is 6.85. The summed E-state index contributed by atoms with van der Waals surface area (Å²) in [6, 6.07) is 24.9. The van der Waals surface area contributed by atoms with Gasteiger partial charge in [-0.25, -0.2) is 4.79 Å². The summed E-state index contributed by atoms with van der Waals surface area (Å²) in [5.41, 5.74) is 3.04. The van der Waals surface area contributed by atoms with Crippen LogP contribution in [0.2, 0.25) is 0 Å². The van der Waals surface area contributed by atoms with E-state index in [0.717, 1.165) is 11.1 Å². The minimum absolute atomic E-state index is 0.154. The Kier molecular flexibility index (Phi) is 5.61. The highest BCUT2D eigenvalue weighted by atomic mass is 16.5. The van der Waals surface area contributed by atoms with Crippen LogP contribution in [0.1, 0.15) is 34.5 Å². The largest absolute Gasteiger partial charge is 0.494 e. The Bertz CT molecular complexity index is 1090. The number of Topliss-reactive ketones (excluding diaryl/α,β-unsaturated/α-hetero) is 1. The summed E-state index contributed by atoms with van der Waals surface area (Å²) in [4.78, 5) is 26.2. The lowest BCUT2D eigenvalue weighted by Crippen LogP contribution is -2.45. The second-order valence-corrected chi connectivity index (χ2v) is 6.85. The zero-order valence-electron chi connectivity index (χ0n) is 16.6. The molecule has 3 aromatic rings. The van der Waals surface area contributed by atoms with Crippen LogP contribution in [0.3, 0.4) is 0 Å². The summed E-state index contributed by atoms with van der Waals surface area (Å²) in [5, 5.41) is 5.78. The van der Waals surface area contributed by atoms with E-state index in [4.69, 9.17) is 4.74 Å². The van der Waals surface area contributed by atoms with Gasteiger partial charge in [-0.3, -0.25) is 4.79 Å². The Morgan fingerprint density at radius 3 is 2.23 bits per heavy atom. The lowest BCUT2D eigenvalue weighted by Gasteiger charge is -2.31. The topological polar surface area (TPSA) is 67.4 Å². The molecule has 150 valence electrons. The number of benzene rings is 3. The van der Waals surface area contributed by atoms with Crippen molar-refractivity contribution in [3.8, 4) is 5.75 Å². The Hall–Kier alpha value is -3.86. The molecule has 1 aliphatic heterocycles. The van der Waals surface area contributed by atoms with Gasteiger partial charge in [0.15, 0.2) is 5.78 Å². The quantitative estimate of drug-likeness (QED) is 0.590. The number of hydrogen-bond donors (Lipinski definition) is 2. The number of rotatable bonds is 6. The van der Waals surface area contributed by atoms with Crippen molar-refractivity contribution in [2.24, 2.45) is 0 Å². The molecule has 5 nitrogen and oxygen atoms in total. The maximum Gasteiger partial charge on any atom is 0.320 e. The number of urea groups is 1. The normalized spacial score (nSPS) is 15.9. The van der Waals surface area contributed by atoms with Gasteiger partial charge in [0, 0.05) is 11.1 Å². The first kappa shape index (κ1) is 19.5. The fourth-order valence-electron chi connectivity index (χ4n) is 3.63. The third kappa shape index (κ3) is 3.82. The number of amides is 2. The van der Waals surface area contributed by atoms with E-state index in [2.05, 4.69) is 10.6 Å². The molecular formula is C25H22N2O3. The molecule has 2 N–H and O–H groups in total. The lowest BCUT2D eigenvalue weighted by atomic mass is 9.87. The Balaban J connectivity index is 1.94. The van der Waals surface area contributed by atoms with Crippen LogP contribution in [0.4, 0.5) is 4.79 Å². The number of para-hydroxylation sites is 1. The average Bonchev–Trinajstić information content (AvgIpc) is 2.80. The first-order valence-corrected chi connectivity index (χ1v) is 9.87. The first-order valence-electron chi connectivity index (χ1n) is 9.87. The van der Waals surface area contributed by atoms with Crippen LogP contribution in [-0.4, -0.2) is 18.4 Å². The SMILES string of the molecule is CCOc1ccccc1C1NC(=O)NC(c2ccccc2)=C1C(=O)c1ccccc1. The molecule has 0 saturated heterocycles. The van der Waals surface area contributed by atoms with Crippen LogP contribution in [0, 0.1) is 0 Å². The van der Waals surface area contributed by atoms with Crippen LogP contribution in [-0.2, 0) is 0 Å². The van der Waals surface area contributed by atoms with Gasteiger partial charge >= 0.3 is 6.03 Å². The minimum Gasteiger partial charge on any atom is -0.494 e. The number of ketones is 1. The summed E-state index contributed by atoms with van der Waals surface area (Å²) >= 11 is 0. The smallest absolute Gasteiger partial charge is 0.320 e. The van der Waals surface area contributed by atoms with Gasteiger partial charge in [0.05, 0.1) is 23.9 Å². The van der Waals surface area contributed by atoms with Crippen LogP contribution in [0.5, 0.6) is 5.75 Å². The second kappa shape index (κ2) is 8.66. The van der Waals surface area contributed by atoms with Crippen LogP contribution in [0.25, 0.3) is 5.70 Å². The van der Waals surface area contributed by atoms with Crippen molar-refractivity contribution in [1.82, 2.24) is 10.6 Å². The number of nitrogens with one attached hydrogen (secondary N) is 2. The minimum atomic E-state index is -0.649. The molecule has 0 fully saturated rings. The van der Waals surface area contributed by atoms with Gasteiger partial charge in [-0.1, -0.05) is 78.9 Å². The van der Waals surface area contributed by atoms with Crippen molar-refractivity contribution in [2.75, 3.05) is 6.61 Å². The molecular weight excluding hydrogens is 376 g/mol. The lowest BCUT2D eigenvalue weighted by molar-refractivity contribution is 0.102. The summed E-state index contributed by atoms with van der Waals surface area (Å²) in [7, 11) is 0. The Morgan fingerprint density at radius 2 is 1.53 bits per heavy atom. The van der Waals surface area contributed by atoms with Gasteiger partial charge in [-0.05, 0) is 18.6 Å². The molecule has 4 rings (SSSR count). The van der Waals surface area contributed by atoms with Gasteiger partial charge < -0.3 is 15.4 Å². The molecule has 0 radical (unpaired) electrons. The summed E-state index contributed by atoms with van der Waals surface area (Å²) < 4.78 is 5.79. The predicted octanol–water partition coefficient (Wildman–Crippen LogP) is 4.73. The average molecular weight is 398 g/mol. The van der Waals surface area contributed by atoms with Gasteiger partial charge in [-0.2, -0.15) is 0 Å². The molecule has 5 heteroatoms. The monoisotopic (exact) mass is 398 g/mol. The highest BCUT2D eigenvalue weighted by Gasteiger charge is 2.35. The van der Waals surface area contributed by atoms with E-state index in [1.807, 2.05) is 79.7 Å². The molecule has 0 spiro atoms. The van der Waals surface area contributed by atoms with E-state index in [1.54, 1.807) is 12.1 Å². The van der Waals surface area contributed by atoms with E-state index in [9.17, 15) is 9.59 Å². The molecule has 1 atom stereocenters. The number of ether oxygens (including phenoxy) is 1. The Labute approximate surface area is 175 Å². The van der Waals surface area contributed by atoms with Crippen LogP contribution < -0.4 is 15.4 Å². The van der Waals surface area contributed by atoms with E-state index >= 15 is 0 Å². The van der Waals surface area contributed by atoms with E-state index < -0.39 is 6.04 Å². The third-order valence-corrected chi connectivity index (χ3v) is 4.94. The molecule has 0 saturated carbocycles. The zero-order valence-corrected chi connectivity index (χ0v) is 16.6. The van der Waals surface area contributed by atoms with E-state index in [0.29, 0.717) is 29.2 Å². The fourth-order valence-corrected chi connectivity index (χ4v) is 3.63. The molecule has 1 aliphatic rings. The summed E-state index contributed by atoms with van der Waals surface area (Å²) in [6.07, 6.45) is 0. The molecule has 1 unspecified atom stereocenters. The highest BCUT2D eigenvalue weighted by molar-refractivity contribution is 6.16. The van der Waals surface area contributed by atoms with Gasteiger partial charge in [0.25, 0.3) is 0 Å². The highest BCUT2D eigenvalue weighted by Crippen LogP contribution is 2.37. The standard InChI is InChI=1S/C25H22N2O3/c1-2-30-20-16-10-9-15-19(20)23-21(24(28)18-13-7-4-8-14-18)22(26-25(29)27-23)17-11-5-3-6-12-17/h3-16,23H,2H2,1H3,(H2,26,27,29). The maximum absolute atomic E-state index is 13.7. The van der Waals surface area contributed by atoms with Crippen LogP contribution in [0.15, 0.2) is 90.5 Å². The molecule has 3 aromatic carbocycles. The van der Waals surface area contributed by atoms with Crippen molar-refractivity contribution in [3.63, 3.8) is 0 Å². The summed E-state index contributed by atoms with van der Waals surface area (Å²) in [6.45, 7) is 2.38. The third-order valence-electron chi connectivity index (χ3n) is 4.94. The molecule has 0 aliphatic carbocycles. The van der Waals surface area contributed by atoms with Crippen LogP contribution >= 0.6 is 0 Å². The van der Waals surface area contributed by atoms with Gasteiger partial charge in [0.1, 0.15) is 5.75 Å². The number of hydrogen-bond acceptors (Lipinski definition) is 3. The fraction of sp³-hybridized carbons (Fsp3) is 0.120. The van der Waals surface area contributed by atoms with Crippen molar-refractivity contribution in [2.45, 2.75) is 13.0 Å². The zero-order chi connectivity index (χ0) is 20.9. The molecule has 1 heterocycles. The number of carbonyl (C=O) groups excluding carboxylic acids is 2. The van der Waals surface area contributed by atoms with Crippen molar-refractivity contribution in [3.05, 3.63) is 107 Å². The van der Waals surface area contributed by atoms with Crippen molar-refractivity contribution < 1.29 is 14.3 Å². The number of carbonyl (C=O) groups is 2.